The second kappa shape index (κ2) is 9.63. The van der Waals surface area contributed by atoms with Crippen molar-refractivity contribution in [1.82, 2.24) is 15.1 Å². The molecule has 0 saturated carbocycles. The Morgan fingerprint density at radius 1 is 1.17 bits per heavy atom. The number of aromatic amines is 1. The van der Waals surface area contributed by atoms with Crippen molar-refractivity contribution in [2.75, 3.05) is 39.2 Å². The Kier molecular flexibility index (Phi) is 6.95. The summed E-state index contributed by atoms with van der Waals surface area (Å²) in [7, 11) is 5.69. The lowest BCUT2D eigenvalue weighted by atomic mass is 10.1. The van der Waals surface area contributed by atoms with Crippen molar-refractivity contribution < 1.29 is 14.6 Å². The largest absolute Gasteiger partial charge is 0.507 e. The topological polar surface area (TPSA) is 81.7 Å². The summed E-state index contributed by atoms with van der Waals surface area (Å²) in [5.74, 6) is 0.414. The number of amides is 1. The molecule has 30 heavy (non-hydrogen) atoms. The summed E-state index contributed by atoms with van der Waals surface area (Å²) in [6, 6.07) is 10.7. The summed E-state index contributed by atoms with van der Waals surface area (Å²) < 4.78 is 5.70. The third-order valence-electron chi connectivity index (χ3n) is 5.09. The van der Waals surface area contributed by atoms with Crippen molar-refractivity contribution in [3.05, 3.63) is 47.7 Å². The van der Waals surface area contributed by atoms with Crippen LogP contribution in [0.25, 0.3) is 10.9 Å². The number of unbranched alkanes of at least 4 members (excludes halogenated alkanes) is 1. The van der Waals surface area contributed by atoms with Gasteiger partial charge in [-0.15, -0.1) is 0 Å². The molecule has 0 aliphatic carbocycles. The average Bonchev–Trinajstić information content (AvgIpc) is 3.12. The minimum absolute atomic E-state index is 0.0614. The van der Waals surface area contributed by atoms with Crippen molar-refractivity contribution in [3.8, 4) is 11.5 Å². The van der Waals surface area contributed by atoms with E-state index in [2.05, 4.69) is 22.0 Å². The number of aromatic nitrogens is 2. The quantitative estimate of drug-likeness (QED) is 0.560. The van der Waals surface area contributed by atoms with Crippen LogP contribution in [-0.4, -0.2) is 60.4 Å². The first-order valence-corrected chi connectivity index (χ1v) is 10.3. The van der Waals surface area contributed by atoms with Gasteiger partial charge in [-0.25, -0.2) is 0 Å². The van der Waals surface area contributed by atoms with Crippen LogP contribution in [0.15, 0.2) is 36.4 Å². The number of aryl methyl sites for hydroxylation is 1. The maximum Gasteiger partial charge on any atom is 0.261 e. The zero-order valence-corrected chi connectivity index (χ0v) is 18.1. The summed E-state index contributed by atoms with van der Waals surface area (Å²) >= 11 is 0. The Bertz CT molecular complexity index is 996. The van der Waals surface area contributed by atoms with Crippen LogP contribution < -0.4 is 9.64 Å². The van der Waals surface area contributed by atoms with Gasteiger partial charge in [0.05, 0.1) is 16.8 Å². The lowest BCUT2D eigenvalue weighted by molar-refractivity contribution is 0.0990. The predicted octanol–water partition coefficient (Wildman–Crippen LogP) is 3.83. The van der Waals surface area contributed by atoms with Gasteiger partial charge in [-0.1, -0.05) is 13.3 Å². The molecule has 0 aliphatic heterocycles. The highest BCUT2D eigenvalue weighted by Crippen LogP contribution is 2.29. The molecule has 2 N–H and O–H groups in total. The van der Waals surface area contributed by atoms with E-state index in [0.717, 1.165) is 53.8 Å². The van der Waals surface area contributed by atoms with Crippen molar-refractivity contribution in [2.24, 2.45) is 0 Å². The van der Waals surface area contributed by atoms with Gasteiger partial charge in [0.15, 0.2) is 0 Å². The SMILES string of the molecule is CCCCc1n[nH]c2cc(O)c(C(=O)N(C)c3ccc(OCCN(C)C)cc3)cc12. The van der Waals surface area contributed by atoms with Gasteiger partial charge in [0.25, 0.3) is 5.91 Å². The van der Waals surface area contributed by atoms with Gasteiger partial charge in [0.1, 0.15) is 18.1 Å². The zero-order chi connectivity index (χ0) is 21.7. The maximum absolute atomic E-state index is 13.1. The van der Waals surface area contributed by atoms with Crippen molar-refractivity contribution in [1.29, 1.82) is 0 Å². The molecule has 0 aliphatic rings. The number of benzene rings is 2. The molecule has 0 bridgehead atoms. The van der Waals surface area contributed by atoms with Gasteiger partial charge in [0, 0.05) is 30.7 Å². The van der Waals surface area contributed by atoms with Crippen LogP contribution in [0.1, 0.15) is 35.8 Å². The number of nitrogens with one attached hydrogen (secondary N) is 1. The number of carbonyl (C=O) groups excluding carboxylic acids is 1. The van der Waals surface area contributed by atoms with Crippen molar-refractivity contribution >= 4 is 22.5 Å². The fourth-order valence-electron chi connectivity index (χ4n) is 3.22. The van der Waals surface area contributed by atoms with Crippen LogP contribution in [0.4, 0.5) is 5.69 Å². The molecule has 2 aromatic carbocycles. The number of aromatic hydroxyl groups is 1. The Hall–Kier alpha value is -3.06. The Labute approximate surface area is 177 Å². The van der Waals surface area contributed by atoms with Crippen LogP contribution in [0.3, 0.4) is 0 Å². The van der Waals surface area contributed by atoms with E-state index in [1.54, 1.807) is 19.2 Å². The minimum Gasteiger partial charge on any atom is -0.507 e. The molecule has 7 nitrogen and oxygen atoms in total. The molecule has 1 heterocycles. The fourth-order valence-corrected chi connectivity index (χ4v) is 3.22. The van der Waals surface area contributed by atoms with Gasteiger partial charge in [-0.2, -0.15) is 5.10 Å². The highest BCUT2D eigenvalue weighted by Gasteiger charge is 2.20. The number of nitrogens with zero attached hydrogens (tertiary/aromatic N) is 3. The summed E-state index contributed by atoms with van der Waals surface area (Å²) in [5, 5.41) is 18.6. The molecule has 0 fully saturated rings. The smallest absolute Gasteiger partial charge is 0.261 e. The number of phenolic OH excluding ortho intramolecular Hbond substituents is 1. The number of hydrogen-bond acceptors (Lipinski definition) is 5. The first kappa shape index (κ1) is 21.6. The van der Waals surface area contributed by atoms with E-state index in [1.165, 1.54) is 4.90 Å². The third kappa shape index (κ3) is 4.91. The monoisotopic (exact) mass is 410 g/mol. The third-order valence-corrected chi connectivity index (χ3v) is 5.09. The zero-order valence-electron chi connectivity index (χ0n) is 18.1. The second-order valence-corrected chi connectivity index (χ2v) is 7.70. The van der Waals surface area contributed by atoms with Crippen LogP contribution in [0.5, 0.6) is 11.5 Å². The molecule has 0 atom stereocenters. The number of hydrogen-bond donors (Lipinski definition) is 2. The Balaban J connectivity index is 1.78. The number of fused-ring (bicyclic) bond motifs is 1. The van der Waals surface area contributed by atoms with E-state index in [-0.39, 0.29) is 17.2 Å². The second-order valence-electron chi connectivity index (χ2n) is 7.70. The lowest BCUT2D eigenvalue weighted by Gasteiger charge is -2.19. The standard InChI is InChI=1S/C23H30N4O3/c1-5-6-7-20-18-14-19(22(28)15-21(18)25-24-20)23(29)27(4)16-8-10-17(11-9-16)30-13-12-26(2)3/h8-11,14-15,28H,5-7,12-13H2,1-4H3,(H,24,25). The molecule has 1 amide bonds. The van der Waals surface area contributed by atoms with Crippen molar-refractivity contribution in [3.63, 3.8) is 0 Å². The van der Waals surface area contributed by atoms with Crippen LogP contribution in [-0.2, 0) is 6.42 Å². The molecule has 7 heteroatoms. The molecule has 3 aromatic rings. The Morgan fingerprint density at radius 3 is 2.57 bits per heavy atom. The number of phenols is 1. The number of H-pyrrole nitrogens is 1. The first-order chi connectivity index (χ1) is 14.4. The molecular formula is C23H30N4O3. The van der Waals surface area contributed by atoms with Gasteiger partial charge >= 0.3 is 0 Å². The summed E-state index contributed by atoms with van der Waals surface area (Å²) in [5.41, 5.74) is 2.63. The summed E-state index contributed by atoms with van der Waals surface area (Å²) in [6.45, 7) is 3.55. The predicted molar refractivity (Wildman–Crippen MR) is 120 cm³/mol. The molecule has 160 valence electrons. The Morgan fingerprint density at radius 2 is 1.90 bits per heavy atom. The van der Waals surface area contributed by atoms with Crippen LogP contribution >= 0.6 is 0 Å². The fraction of sp³-hybridized carbons (Fsp3) is 0.391. The van der Waals surface area contributed by atoms with E-state index >= 15 is 0 Å². The van der Waals surface area contributed by atoms with E-state index in [4.69, 9.17) is 4.74 Å². The summed E-state index contributed by atoms with van der Waals surface area (Å²) in [4.78, 5) is 16.7. The first-order valence-electron chi connectivity index (χ1n) is 10.3. The number of ether oxygens (including phenoxy) is 1. The molecule has 0 spiro atoms. The number of anilines is 1. The summed E-state index contributed by atoms with van der Waals surface area (Å²) in [6.07, 6.45) is 2.92. The van der Waals surface area contributed by atoms with Crippen LogP contribution in [0.2, 0.25) is 0 Å². The normalized spacial score (nSPS) is 11.2. The van der Waals surface area contributed by atoms with Crippen LogP contribution in [0, 0.1) is 0 Å². The minimum atomic E-state index is -0.279. The molecule has 3 rings (SSSR count). The number of carbonyl (C=O) groups is 1. The van der Waals surface area contributed by atoms with Gasteiger partial charge < -0.3 is 19.6 Å². The lowest BCUT2D eigenvalue weighted by Crippen LogP contribution is -2.26. The van der Waals surface area contributed by atoms with Gasteiger partial charge in [-0.3, -0.25) is 9.89 Å². The van der Waals surface area contributed by atoms with E-state index in [1.807, 2.05) is 38.4 Å². The van der Waals surface area contributed by atoms with Gasteiger partial charge in [-0.05, 0) is 57.3 Å². The molecule has 0 unspecified atom stereocenters. The number of likely N-dealkylation sites (N-methyl/N-ethyl adjacent to an activating group) is 1. The molecular weight excluding hydrogens is 380 g/mol. The van der Waals surface area contributed by atoms with E-state index < -0.39 is 0 Å². The highest BCUT2D eigenvalue weighted by molar-refractivity contribution is 6.09. The van der Waals surface area contributed by atoms with E-state index in [9.17, 15) is 9.90 Å². The molecule has 0 radical (unpaired) electrons. The molecule has 1 aromatic heterocycles. The van der Waals surface area contributed by atoms with Gasteiger partial charge in [0.2, 0.25) is 0 Å². The average molecular weight is 411 g/mol. The molecule has 0 saturated heterocycles. The van der Waals surface area contributed by atoms with E-state index in [0.29, 0.717) is 6.61 Å². The van der Waals surface area contributed by atoms with Crippen molar-refractivity contribution in [2.45, 2.75) is 26.2 Å². The number of rotatable bonds is 9. The maximum atomic E-state index is 13.1. The highest BCUT2D eigenvalue weighted by atomic mass is 16.5.